The van der Waals surface area contributed by atoms with Crippen molar-refractivity contribution in [2.45, 2.75) is 23.4 Å². The molecule has 2 aliphatic rings. The predicted octanol–water partition coefficient (Wildman–Crippen LogP) is 2.58. The first-order valence-corrected chi connectivity index (χ1v) is 10.5. The molecule has 2 aliphatic heterocycles. The summed E-state index contributed by atoms with van der Waals surface area (Å²) in [6.45, 7) is 0.411. The number of rotatable bonds is 3. The largest absolute Gasteiger partial charge is 0.326 e. The number of carbonyl (C=O) groups excluding carboxylic acids is 1. The Kier molecular flexibility index (Phi) is 4.73. The van der Waals surface area contributed by atoms with Gasteiger partial charge >= 0.3 is 0 Å². The Hall–Kier alpha value is -2.29. The number of sulfonamides is 1. The summed E-state index contributed by atoms with van der Waals surface area (Å²) in [6, 6.07) is 11.6. The van der Waals surface area contributed by atoms with Crippen molar-refractivity contribution in [1.82, 2.24) is 9.62 Å². The van der Waals surface area contributed by atoms with Crippen molar-refractivity contribution in [3.8, 4) is 0 Å². The van der Waals surface area contributed by atoms with Crippen LogP contribution in [0, 0.1) is 5.82 Å². The fourth-order valence-electron chi connectivity index (χ4n) is 3.46. The number of hydrogen-bond donors (Lipinski definition) is 1. The van der Waals surface area contributed by atoms with Gasteiger partial charge in [-0.25, -0.2) is 12.8 Å². The number of piperidine rings is 1. The molecule has 28 heavy (non-hydrogen) atoms. The minimum atomic E-state index is -3.72. The summed E-state index contributed by atoms with van der Waals surface area (Å²) in [5.41, 5.74) is 0.188. The number of amides is 1. The molecule has 0 aliphatic carbocycles. The summed E-state index contributed by atoms with van der Waals surface area (Å²) in [7, 11) is -3.72. The molecule has 2 aromatic carbocycles. The molecule has 0 bridgehead atoms. The molecule has 4 rings (SSSR count). The molecule has 2 aromatic rings. The maximum atomic E-state index is 13.1. The number of halogens is 2. The van der Waals surface area contributed by atoms with E-state index in [0.29, 0.717) is 29.1 Å². The molecule has 0 unspecified atom stereocenters. The number of carbonyl (C=O) groups is 1. The van der Waals surface area contributed by atoms with E-state index in [2.05, 4.69) is 10.3 Å². The zero-order chi connectivity index (χ0) is 19.9. The molecular formula is C19H17ClFN3O3S. The van der Waals surface area contributed by atoms with E-state index in [-0.39, 0.29) is 23.9 Å². The lowest BCUT2D eigenvalue weighted by Gasteiger charge is -2.36. The molecule has 6 nitrogen and oxygen atoms in total. The monoisotopic (exact) mass is 421 g/mol. The second kappa shape index (κ2) is 6.95. The molecule has 1 saturated heterocycles. The molecule has 1 N–H and O–H groups in total. The Balaban J connectivity index is 1.53. The van der Waals surface area contributed by atoms with Crippen LogP contribution in [0.4, 0.5) is 4.39 Å². The summed E-state index contributed by atoms with van der Waals surface area (Å²) in [6.07, 6.45) is 0.715. The number of nitrogens with one attached hydrogen (secondary N) is 1. The predicted molar refractivity (Wildman–Crippen MR) is 103 cm³/mol. The smallest absolute Gasteiger partial charge is 0.272 e. The molecule has 0 radical (unpaired) electrons. The zero-order valence-corrected chi connectivity index (χ0v) is 16.3. The lowest BCUT2D eigenvalue weighted by atomic mass is 10.00. The Morgan fingerprint density at radius 1 is 1.04 bits per heavy atom. The summed E-state index contributed by atoms with van der Waals surface area (Å²) in [5.74, 6) is -0.772. The third kappa shape index (κ3) is 3.43. The van der Waals surface area contributed by atoms with Crippen LogP contribution >= 0.6 is 11.6 Å². The SMILES string of the molecule is O=C1NC2(CCN(S(=O)(=O)c3ccc(F)cc3)CC2)N=C1c1ccc(Cl)cc1. The van der Waals surface area contributed by atoms with Crippen LogP contribution in [-0.2, 0) is 14.8 Å². The van der Waals surface area contributed by atoms with Gasteiger partial charge in [-0.2, -0.15) is 4.31 Å². The summed E-state index contributed by atoms with van der Waals surface area (Å²) < 4.78 is 39.9. The van der Waals surface area contributed by atoms with Gasteiger partial charge < -0.3 is 5.32 Å². The summed E-state index contributed by atoms with van der Waals surface area (Å²) in [4.78, 5) is 17.1. The lowest BCUT2D eigenvalue weighted by molar-refractivity contribution is -0.115. The first-order valence-electron chi connectivity index (χ1n) is 8.73. The van der Waals surface area contributed by atoms with Crippen LogP contribution in [0.2, 0.25) is 5.02 Å². The highest BCUT2D eigenvalue weighted by atomic mass is 35.5. The average Bonchev–Trinajstić information content (AvgIpc) is 2.99. The number of aliphatic imine (C=N–C) groups is 1. The van der Waals surface area contributed by atoms with E-state index in [9.17, 15) is 17.6 Å². The van der Waals surface area contributed by atoms with Gasteiger partial charge in [-0.15, -0.1) is 0 Å². The lowest BCUT2D eigenvalue weighted by Crippen LogP contribution is -2.52. The summed E-state index contributed by atoms with van der Waals surface area (Å²) in [5, 5.41) is 3.47. The van der Waals surface area contributed by atoms with Crippen LogP contribution in [0.1, 0.15) is 18.4 Å². The Bertz CT molecular complexity index is 1040. The summed E-state index contributed by atoms with van der Waals surface area (Å²) >= 11 is 5.89. The van der Waals surface area contributed by atoms with Gasteiger partial charge in [0, 0.05) is 36.5 Å². The van der Waals surface area contributed by atoms with Gasteiger partial charge in [0.1, 0.15) is 17.2 Å². The zero-order valence-electron chi connectivity index (χ0n) is 14.7. The van der Waals surface area contributed by atoms with Gasteiger partial charge in [0.15, 0.2) is 0 Å². The maximum Gasteiger partial charge on any atom is 0.272 e. The van der Waals surface area contributed by atoms with Gasteiger partial charge in [-0.1, -0.05) is 23.7 Å². The van der Waals surface area contributed by atoms with Gasteiger partial charge in [-0.05, 0) is 36.4 Å². The second-order valence-electron chi connectivity index (χ2n) is 6.81. The average molecular weight is 422 g/mol. The maximum absolute atomic E-state index is 13.1. The third-order valence-corrected chi connectivity index (χ3v) is 7.17. The van der Waals surface area contributed by atoms with Crippen LogP contribution in [0.3, 0.4) is 0 Å². The van der Waals surface area contributed by atoms with E-state index in [4.69, 9.17) is 11.6 Å². The van der Waals surface area contributed by atoms with Crippen molar-refractivity contribution in [2.24, 2.45) is 4.99 Å². The van der Waals surface area contributed by atoms with Crippen molar-refractivity contribution in [3.05, 3.63) is 64.9 Å². The van der Waals surface area contributed by atoms with Crippen LogP contribution in [0.5, 0.6) is 0 Å². The number of hydrogen-bond acceptors (Lipinski definition) is 4. The van der Waals surface area contributed by atoms with Gasteiger partial charge in [-0.3, -0.25) is 9.79 Å². The minimum Gasteiger partial charge on any atom is -0.326 e. The van der Waals surface area contributed by atoms with E-state index in [1.807, 2.05) is 0 Å². The van der Waals surface area contributed by atoms with Crippen molar-refractivity contribution in [1.29, 1.82) is 0 Å². The number of benzene rings is 2. The standard InChI is InChI=1S/C19H17ClFN3O3S/c20-14-3-1-13(2-4-14)17-18(25)23-19(22-17)9-11-24(12-10-19)28(26,27)16-7-5-15(21)6-8-16/h1-8H,9-12H2,(H,23,25). The van der Waals surface area contributed by atoms with Crippen molar-refractivity contribution < 1.29 is 17.6 Å². The fraction of sp³-hybridized carbons (Fsp3) is 0.263. The minimum absolute atomic E-state index is 0.0469. The molecule has 146 valence electrons. The Labute approximate surface area is 167 Å². The van der Waals surface area contributed by atoms with Crippen molar-refractivity contribution >= 4 is 33.2 Å². The molecule has 1 amide bonds. The molecule has 1 fully saturated rings. The second-order valence-corrected chi connectivity index (χ2v) is 9.19. The first-order chi connectivity index (χ1) is 13.3. The van der Waals surface area contributed by atoms with E-state index >= 15 is 0 Å². The topological polar surface area (TPSA) is 78.8 Å². The van der Waals surface area contributed by atoms with E-state index in [1.54, 1.807) is 24.3 Å². The van der Waals surface area contributed by atoms with Gasteiger partial charge in [0.2, 0.25) is 10.0 Å². The highest BCUT2D eigenvalue weighted by Gasteiger charge is 2.44. The molecule has 0 atom stereocenters. The highest BCUT2D eigenvalue weighted by Crippen LogP contribution is 2.31. The van der Waals surface area contributed by atoms with E-state index in [0.717, 1.165) is 12.1 Å². The molecular weight excluding hydrogens is 405 g/mol. The molecule has 9 heteroatoms. The van der Waals surface area contributed by atoms with Crippen molar-refractivity contribution in [2.75, 3.05) is 13.1 Å². The highest BCUT2D eigenvalue weighted by molar-refractivity contribution is 7.89. The fourth-order valence-corrected chi connectivity index (χ4v) is 5.02. The molecule has 2 heterocycles. The molecule has 0 saturated carbocycles. The third-order valence-electron chi connectivity index (χ3n) is 5.01. The van der Waals surface area contributed by atoms with E-state index < -0.39 is 21.5 Å². The van der Waals surface area contributed by atoms with Crippen LogP contribution < -0.4 is 5.32 Å². The van der Waals surface area contributed by atoms with E-state index in [1.165, 1.54) is 16.4 Å². The van der Waals surface area contributed by atoms with Gasteiger partial charge in [0.05, 0.1) is 4.90 Å². The quantitative estimate of drug-likeness (QED) is 0.827. The number of nitrogens with zero attached hydrogens (tertiary/aromatic N) is 2. The molecule has 1 spiro atoms. The Morgan fingerprint density at radius 3 is 2.25 bits per heavy atom. The van der Waals surface area contributed by atoms with Crippen LogP contribution in [0.25, 0.3) is 0 Å². The van der Waals surface area contributed by atoms with Crippen molar-refractivity contribution in [3.63, 3.8) is 0 Å². The van der Waals surface area contributed by atoms with Gasteiger partial charge in [0.25, 0.3) is 5.91 Å². The first kappa shape index (κ1) is 19.0. The van der Waals surface area contributed by atoms with Crippen LogP contribution in [0.15, 0.2) is 58.4 Å². The molecule has 0 aromatic heterocycles. The van der Waals surface area contributed by atoms with Crippen LogP contribution in [-0.4, -0.2) is 43.1 Å². The normalized spacial score (nSPS) is 19.5. The Morgan fingerprint density at radius 2 is 1.64 bits per heavy atom.